The highest BCUT2D eigenvalue weighted by molar-refractivity contribution is 6.07. The van der Waals surface area contributed by atoms with Gasteiger partial charge in [-0.3, -0.25) is 4.98 Å². The van der Waals surface area contributed by atoms with Crippen LogP contribution < -0.4 is 0 Å². The fourth-order valence-electron chi connectivity index (χ4n) is 9.93. The van der Waals surface area contributed by atoms with Crippen LogP contribution in [-0.4, -0.2) is 19.9 Å². The van der Waals surface area contributed by atoms with Crippen molar-refractivity contribution in [3.63, 3.8) is 0 Å². The quantitative estimate of drug-likeness (QED) is 0.132. The minimum Gasteiger partial charge on any atom is -0.254 e. The maximum Gasteiger partial charge on any atom is 0.0972 e. The molecule has 0 N–H and O–H groups in total. The third-order valence-electron chi connectivity index (χ3n) is 12.5. The summed E-state index contributed by atoms with van der Waals surface area (Å²) in [6.45, 7) is 0. The highest BCUT2D eigenvalue weighted by atomic mass is 14.8. The summed E-state index contributed by atoms with van der Waals surface area (Å²) >= 11 is 0. The van der Waals surface area contributed by atoms with Gasteiger partial charge in [-0.15, -0.1) is 0 Å². The lowest BCUT2D eigenvalue weighted by atomic mass is 9.70. The first-order valence-electron chi connectivity index (χ1n) is 19.5. The van der Waals surface area contributed by atoms with E-state index in [9.17, 15) is 0 Å². The molecule has 1 spiro atoms. The topological polar surface area (TPSA) is 51.6 Å². The van der Waals surface area contributed by atoms with Crippen molar-refractivity contribution < 1.29 is 0 Å². The zero-order chi connectivity index (χ0) is 37.2. The first-order chi connectivity index (χ1) is 28.2. The van der Waals surface area contributed by atoms with Crippen LogP contribution in [0.15, 0.2) is 182 Å². The Morgan fingerprint density at radius 3 is 1.47 bits per heavy atom. The predicted octanol–water partition coefficient (Wildman–Crippen LogP) is 12.7. The maximum atomic E-state index is 5.38. The Hall–Kier alpha value is -7.56. The Kier molecular flexibility index (Phi) is 6.07. The summed E-state index contributed by atoms with van der Waals surface area (Å²) in [5.74, 6) is 0. The van der Waals surface area contributed by atoms with Crippen molar-refractivity contribution in [1.29, 1.82) is 0 Å². The number of hydrogen-bond donors (Lipinski definition) is 0. The molecule has 0 saturated carbocycles. The Bertz CT molecular complexity index is 3540. The van der Waals surface area contributed by atoms with Crippen LogP contribution in [0.3, 0.4) is 0 Å². The highest BCUT2D eigenvalue weighted by Crippen LogP contribution is 2.63. The van der Waals surface area contributed by atoms with E-state index in [4.69, 9.17) is 19.9 Å². The van der Waals surface area contributed by atoms with E-state index in [1.165, 1.54) is 44.5 Å². The molecule has 4 aromatic heterocycles. The summed E-state index contributed by atoms with van der Waals surface area (Å²) < 4.78 is 0. The van der Waals surface area contributed by atoms with Crippen molar-refractivity contribution in [3.8, 4) is 44.8 Å². The molecular formula is C53H30N4. The number of hydrogen-bond acceptors (Lipinski definition) is 4. The molecule has 0 radical (unpaired) electrons. The van der Waals surface area contributed by atoms with Gasteiger partial charge >= 0.3 is 0 Å². The molecular weight excluding hydrogens is 693 g/mol. The number of aromatic nitrogens is 4. The average molecular weight is 723 g/mol. The van der Waals surface area contributed by atoms with Crippen LogP contribution in [0.5, 0.6) is 0 Å². The number of rotatable bonds is 2. The summed E-state index contributed by atoms with van der Waals surface area (Å²) in [7, 11) is 0. The third kappa shape index (κ3) is 4.16. The van der Waals surface area contributed by atoms with Crippen LogP contribution >= 0.6 is 0 Å². The summed E-state index contributed by atoms with van der Waals surface area (Å²) in [5, 5.41) is 5.48. The number of pyridine rings is 4. The molecule has 0 saturated heterocycles. The van der Waals surface area contributed by atoms with Crippen LogP contribution in [0.4, 0.5) is 0 Å². The zero-order valence-electron chi connectivity index (χ0n) is 30.6. The van der Waals surface area contributed by atoms with Crippen LogP contribution in [0.1, 0.15) is 22.3 Å². The van der Waals surface area contributed by atoms with E-state index in [2.05, 4.69) is 164 Å². The Balaban J connectivity index is 1.04. The zero-order valence-corrected chi connectivity index (χ0v) is 30.6. The highest BCUT2D eigenvalue weighted by Gasteiger charge is 2.51. The Morgan fingerprint density at radius 2 is 0.807 bits per heavy atom. The largest absolute Gasteiger partial charge is 0.254 e. The van der Waals surface area contributed by atoms with Crippen LogP contribution in [0.2, 0.25) is 0 Å². The van der Waals surface area contributed by atoms with E-state index in [1.54, 1.807) is 0 Å². The lowest BCUT2D eigenvalue weighted by Gasteiger charge is -2.31. The fourth-order valence-corrected chi connectivity index (χ4v) is 9.93. The lowest BCUT2D eigenvalue weighted by molar-refractivity contribution is 0.794. The van der Waals surface area contributed by atoms with Crippen LogP contribution in [0.25, 0.3) is 99.3 Å². The molecule has 262 valence electrons. The molecule has 1 atom stereocenters. The van der Waals surface area contributed by atoms with Gasteiger partial charge in [-0.2, -0.15) is 0 Å². The summed E-state index contributed by atoms with van der Waals surface area (Å²) in [5.41, 5.74) is 18.4. The monoisotopic (exact) mass is 722 g/mol. The molecule has 2 aliphatic rings. The van der Waals surface area contributed by atoms with Crippen molar-refractivity contribution >= 4 is 54.5 Å². The van der Waals surface area contributed by atoms with E-state index >= 15 is 0 Å². The Morgan fingerprint density at radius 1 is 0.316 bits per heavy atom. The molecule has 4 heterocycles. The van der Waals surface area contributed by atoms with Crippen molar-refractivity contribution in [2.75, 3.05) is 0 Å². The van der Waals surface area contributed by atoms with Gasteiger partial charge < -0.3 is 0 Å². The van der Waals surface area contributed by atoms with Gasteiger partial charge in [0, 0.05) is 44.3 Å². The van der Waals surface area contributed by atoms with E-state index in [-0.39, 0.29) is 0 Å². The molecule has 2 aliphatic carbocycles. The molecule has 1 unspecified atom stereocenters. The second kappa shape index (κ2) is 11.2. The van der Waals surface area contributed by atoms with Gasteiger partial charge in [0.25, 0.3) is 0 Å². The minimum atomic E-state index is -0.529. The molecule has 7 aromatic carbocycles. The predicted molar refractivity (Wildman–Crippen MR) is 232 cm³/mol. The summed E-state index contributed by atoms with van der Waals surface area (Å²) in [6.07, 6.45) is 1.85. The molecule has 0 amide bonds. The molecule has 4 nitrogen and oxygen atoms in total. The standard InChI is InChI=1S/C53H30N4/c1-6-14-46-34(8-1)28-37-18-17-33-22-26-48(57-51(33)52(37)55-46)36-20-24-41-39-11-3-5-13-43(39)53(45(41)30-36)42-12-4-2-10-38(42)40-23-19-35(29-44(40)53)47-25-21-32-16-15-31-9-7-27-54-49(31)50(32)56-47/h1-30H. The van der Waals surface area contributed by atoms with Crippen molar-refractivity contribution in [2.45, 2.75) is 5.41 Å². The van der Waals surface area contributed by atoms with Crippen molar-refractivity contribution in [2.24, 2.45) is 0 Å². The van der Waals surface area contributed by atoms with Gasteiger partial charge in [0.05, 0.1) is 44.4 Å². The number of benzene rings is 7. The van der Waals surface area contributed by atoms with Gasteiger partial charge in [0.2, 0.25) is 0 Å². The molecule has 13 rings (SSSR count). The van der Waals surface area contributed by atoms with E-state index in [0.717, 1.165) is 77.0 Å². The first-order valence-corrected chi connectivity index (χ1v) is 19.5. The molecule has 4 heteroatoms. The van der Waals surface area contributed by atoms with E-state index in [1.807, 2.05) is 18.3 Å². The molecule has 0 aliphatic heterocycles. The average Bonchev–Trinajstić information content (AvgIpc) is 3.74. The van der Waals surface area contributed by atoms with Crippen molar-refractivity contribution in [3.05, 3.63) is 204 Å². The summed E-state index contributed by atoms with van der Waals surface area (Å²) in [4.78, 5) is 20.5. The molecule has 0 bridgehead atoms. The molecule has 11 aromatic rings. The van der Waals surface area contributed by atoms with Gasteiger partial charge in [0.15, 0.2) is 0 Å². The van der Waals surface area contributed by atoms with Crippen LogP contribution in [-0.2, 0) is 5.41 Å². The molecule has 57 heavy (non-hydrogen) atoms. The smallest absolute Gasteiger partial charge is 0.0972 e. The third-order valence-corrected chi connectivity index (χ3v) is 12.5. The SMILES string of the molecule is c1ccc2c(c1)-c1ccc(-c3ccc4ccc5cccnc5c4n3)cc1C21c2ccccc2-c2ccc(-c3ccc4ccc5cc6ccccc6nc5c4n3)cc21. The fraction of sp³-hybridized carbons (Fsp3) is 0.0189. The minimum absolute atomic E-state index is 0.529. The van der Waals surface area contributed by atoms with Gasteiger partial charge in [-0.25, -0.2) is 15.0 Å². The first kappa shape index (κ1) is 30.7. The van der Waals surface area contributed by atoms with Gasteiger partial charge in [0.1, 0.15) is 0 Å². The van der Waals surface area contributed by atoms with E-state index in [0.29, 0.717) is 0 Å². The van der Waals surface area contributed by atoms with E-state index < -0.39 is 5.41 Å². The second-order valence-electron chi connectivity index (χ2n) is 15.4. The maximum absolute atomic E-state index is 5.38. The lowest BCUT2D eigenvalue weighted by Crippen LogP contribution is -2.26. The summed E-state index contributed by atoms with van der Waals surface area (Å²) in [6, 6.07) is 63.7. The molecule has 0 fully saturated rings. The number of fused-ring (bicyclic) bond motifs is 17. The van der Waals surface area contributed by atoms with Gasteiger partial charge in [-0.05, 0) is 87.0 Å². The van der Waals surface area contributed by atoms with Crippen LogP contribution in [0, 0.1) is 0 Å². The second-order valence-corrected chi connectivity index (χ2v) is 15.4. The normalized spacial score (nSPS) is 15.1. The van der Waals surface area contributed by atoms with Crippen molar-refractivity contribution in [1.82, 2.24) is 19.9 Å². The van der Waals surface area contributed by atoms with Gasteiger partial charge in [-0.1, -0.05) is 133 Å². The Labute approximate surface area is 327 Å². The number of para-hydroxylation sites is 1. The number of nitrogens with zero attached hydrogens (tertiary/aromatic N) is 4.